The molecule has 34 aromatic rings. The van der Waals surface area contributed by atoms with Crippen molar-refractivity contribution >= 4 is 234 Å². The number of hydrogen-bond acceptors (Lipinski definition) is 6. The van der Waals surface area contributed by atoms with Gasteiger partial charge in [-0.25, -0.2) is 29.9 Å². The lowest BCUT2D eigenvalue weighted by Gasteiger charge is -2.16. The number of benzene rings is 23. The van der Waals surface area contributed by atoms with Gasteiger partial charge in [-0.1, -0.05) is 370 Å². The summed E-state index contributed by atoms with van der Waals surface area (Å²) < 4.78 is 12.3. The summed E-state index contributed by atoms with van der Waals surface area (Å²) in [6.07, 6.45) is 0. The van der Waals surface area contributed by atoms with Crippen LogP contribution in [-0.4, -0.2) is 52.2 Å². The quantitative estimate of drug-likeness (QED) is 0.143. The molecule has 11 aromatic heterocycles. The van der Waals surface area contributed by atoms with Gasteiger partial charge in [0, 0.05) is 135 Å². The minimum atomic E-state index is -0.236. The monoisotopic (exact) mass is 1870 g/mol. The van der Waals surface area contributed by atoms with Crippen LogP contribution in [0.15, 0.2) is 449 Å². The first-order chi connectivity index (χ1) is 73.4. The Morgan fingerprint density at radius 2 is 0.547 bits per heavy atom. The molecular formula is C137H75N11. The predicted octanol–water partition coefficient (Wildman–Crippen LogP) is 34.9. The average Bonchev–Trinajstić information content (AvgIpc) is 1.51. The van der Waals surface area contributed by atoms with Gasteiger partial charge in [-0.3, -0.25) is 9.13 Å². The predicted molar refractivity (Wildman–Crippen MR) is 614 cm³/mol. The van der Waals surface area contributed by atoms with Gasteiger partial charge in [0.1, 0.15) is 5.82 Å². The van der Waals surface area contributed by atoms with E-state index >= 15 is 0 Å². The van der Waals surface area contributed by atoms with E-state index in [0.29, 0.717) is 11.9 Å². The molecule has 35 rings (SSSR count). The fourth-order valence-corrected chi connectivity index (χ4v) is 26.9. The normalized spacial score (nSPS) is 13.2. The number of nitrogens with zero attached hydrogens (tertiary/aromatic N) is 11. The van der Waals surface area contributed by atoms with Gasteiger partial charge in [0.25, 0.3) is 0 Å². The van der Waals surface area contributed by atoms with E-state index in [0.717, 1.165) is 149 Å². The smallest absolute Gasteiger partial charge is 0.235 e. The van der Waals surface area contributed by atoms with Crippen LogP contribution in [0.25, 0.3) is 324 Å². The maximum absolute atomic E-state index is 5.94. The molecule has 0 amide bonds. The highest BCUT2D eigenvalue weighted by atomic mass is 15.2. The second kappa shape index (κ2) is 29.0. The third kappa shape index (κ3) is 10.4. The van der Waals surface area contributed by atoms with Gasteiger partial charge in [0.15, 0.2) is 0 Å². The third-order valence-electron chi connectivity index (χ3n) is 33.1. The SMILES string of the molecule is c1ccc(-c2ccc(-c3nc(C4c5ccccc5-c5c4cc4c6ccc7ccc(-c8cccc9c(-c%10nc(-n%11c%12ccccc%12c%12c%13c%14ccccc%14n%14c%15c%16ccc(-c%17ccc(-c%18nc(-n%19c%20ccccc%20c%20c%21c%22ccccc%22n%22c%23c%24ccccc%24ccc%23c(cc%20%19)c%21%22)nc%19ccccc%18%19)cc%17)cc%16ccc%15c(cc%12%11)c%13%14)nc%11ccccc%10%11)cccc89)cc7c6n6c7ccccc7c5c46)nc4ccccc34)cc2)cc1. The summed E-state index contributed by atoms with van der Waals surface area (Å²) in [7, 11) is 0. The second-order valence-electron chi connectivity index (χ2n) is 40.4. The van der Waals surface area contributed by atoms with Crippen molar-refractivity contribution in [2.75, 3.05) is 0 Å². The molecule has 0 radical (unpaired) electrons. The maximum atomic E-state index is 5.94. The van der Waals surface area contributed by atoms with Crippen molar-refractivity contribution in [3.63, 3.8) is 0 Å². The topological polar surface area (TPSA) is 100 Å². The number of hydrogen-bond donors (Lipinski definition) is 0. The second-order valence-corrected chi connectivity index (χ2v) is 40.4. The Labute approximate surface area is 841 Å². The van der Waals surface area contributed by atoms with Crippen molar-refractivity contribution in [1.82, 2.24) is 52.2 Å². The number of fused-ring (bicyclic) bond motifs is 40. The highest BCUT2D eigenvalue weighted by Crippen LogP contribution is 2.58. The van der Waals surface area contributed by atoms with Crippen LogP contribution in [0.1, 0.15) is 22.9 Å². The van der Waals surface area contributed by atoms with Crippen LogP contribution in [-0.2, 0) is 0 Å². The van der Waals surface area contributed by atoms with Gasteiger partial charge in [-0.15, -0.1) is 0 Å². The molecule has 1 aliphatic carbocycles. The Bertz CT molecular complexity index is 12000. The first-order valence-corrected chi connectivity index (χ1v) is 50.9. The van der Waals surface area contributed by atoms with Crippen LogP contribution in [0, 0.1) is 0 Å². The van der Waals surface area contributed by atoms with E-state index in [2.05, 4.69) is 471 Å². The Morgan fingerprint density at radius 3 is 1.14 bits per heavy atom. The summed E-state index contributed by atoms with van der Waals surface area (Å²) in [5.74, 6) is 1.79. The number of aromatic nitrogens is 11. The van der Waals surface area contributed by atoms with E-state index < -0.39 is 0 Å². The molecule has 0 spiro atoms. The van der Waals surface area contributed by atoms with E-state index in [1.54, 1.807) is 0 Å². The fraction of sp³-hybridized carbons (Fsp3) is 0.00730. The lowest BCUT2D eigenvalue weighted by molar-refractivity contribution is 0.892. The zero-order valence-electron chi connectivity index (χ0n) is 79.2. The first kappa shape index (κ1) is 78.8. The van der Waals surface area contributed by atoms with E-state index in [9.17, 15) is 0 Å². The summed E-state index contributed by atoms with van der Waals surface area (Å²) in [5.41, 5.74) is 35.3. The van der Waals surface area contributed by atoms with Gasteiger partial charge in [-0.05, 0) is 161 Å². The molecule has 678 valence electrons. The lowest BCUT2D eigenvalue weighted by Crippen LogP contribution is -2.07. The highest BCUT2D eigenvalue weighted by Gasteiger charge is 2.39. The van der Waals surface area contributed by atoms with Crippen LogP contribution in [0.3, 0.4) is 0 Å². The summed E-state index contributed by atoms with van der Waals surface area (Å²) in [5, 5.41) is 31.7. The molecule has 0 saturated heterocycles. The standard InChI is InChI=1S/C137H75N11/c1-2-26-75(27-3-1)76-52-57-80(58-53-76)126-96-32-8-16-44-109(96)138-135(141-126)120-91-31-7-6-30-90(91)119-108(120)72-105-93-68-63-79-56-61-84(71-104(79)131(93)148-114-49-21-13-37-101(114)123(119)132(105)148)85-40-24-42-89-88(85)41-25-43-92(89)128-98-34-10-18-46-111(98)140-137(143-128)145-113-48-20-12-36-100(113)122-118(145)74-107-95-69-65-83-70-82(64-66-87(83)130(95)147-116-51-23-15-39-103(116)125(122)134(107)147)77-54-59-81(60-55-77)127-97-33-9-17-45-110(97)139-136(142-127)144-112-47-19-11-35-99(112)121-117(144)73-106-94-67-62-78-28-4-5-29-86(78)129(94)146-115-50-22-14-38-102(115)124(121)133(106)146/h1-74,120H. The number of rotatable bonds is 9. The van der Waals surface area contributed by atoms with E-state index in [4.69, 9.17) is 29.9 Å². The Kier molecular flexibility index (Phi) is 15.4. The first-order valence-electron chi connectivity index (χ1n) is 50.9. The molecule has 0 N–H and O–H groups in total. The molecule has 1 atom stereocenters. The Morgan fingerprint density at radius 1 is 0.169 bits per heavy atom. The van der Waals surface area contributed by atoms with Crippen molar-refractivity contribution in [3.05, 3.63) is 466 Å². The molecule has 11 heterocycles. The van der Waals surface area contributed by atoms with Crippen LogP contribution >= 0.6 is 0 Å². The Balaban J connectivity index is 0.483. The molecule has 0 saturated carbocycles. The van der Waals surface area contributed by atoms with Crippen LogP contribution in [0.5, 0.6) is 0 Å². The van der Waals surface area contributed by atoms with E-state index in [1.807, 2.05) is 0 Å². The average molecular weight is 1880 g/mol. The van der Waals surface area contributed by atoms with Gasteiger partial charge in [0.05, 0.1) is 111 Å². The van der Waals surface area contributed by atoms with Gasteiger partial charge in [-0.2, -0.15) is 0 Å². The zero-order chi connectivity index (χ0) is 95.8. The molecular weight excluding hydrogens is 1800 g/mol. The molecule has 1 aliphatic rings. The van der Waals surface area contributed by atoms with Crippen molar-refractivity contribution < 1.29 is 0 Å². The zero-order valence-corrected chi connectivity index (χ0v) is 79.2. The van der Waals surface area contributed by atoms with E-state index in [-0.39, 0.29) is 5.92 Å². The van der Waals surface area contributed by atoms with Crippen molar-refractivity contribution in [2.45, 2.75) is 5.92 Å². The maximum Gasteiger partial charge on any atom is 0.235 e. The minimum absolute atomic E-state index is 0.236. The van der Waals surface area contributed by atoms with E-state index in [1.165, 1.54) is 180 Å². The minimum Gasteiger partial charge on any atom is -0.307 e. The highest BCUT2D eigenvalue weighted by molar-refractivity contribution is 6.40. The molecule has 11 heteroatoms. The van der Waals surface area contributed by atoms with Gasteiger partial charge < -0.3 is 13.2 Å². The molecule has 23 aromatic carbocycles. The largest absolute Gasteiger partial charge is 0.307 e. The summed E-state index contributed by atoms with van der Waals surface area (Å²) in [6.45, 7) is 0. The molecule has 11 nitrogen and oxygen atoms in total. The number of para-hydroxylation sites is 8. The molecule has 0 bridgehead atoms. The van der Waals surface area contributed by atoms with Crippen molar-refractivity contribution in [2.24, 2.45) is 0 Å². The fourth-order valence-electron chi connectivity index (χ4n) is 26.9. The summed E-state index contributed by atoms with van der Waals surface area (Å²) >= 11 is 0. The van der Waals surface area contributed by atoms with Crippen molar-refractivity contribution in [1.29, 1.82) is 0 Å². The molecule has 0 aliphatic heterocycles. The van der Waals surface area contributed by atoms with Crippen LogP contribution in [0.4, 0.5) is 0 Å². The molecule has 1 unspecified atom stereocenters. The van der Waals surface area contributed by atoms with Crippen molar-refractivity contribution in [3.8, 4) is 90.2 Å². The third-order valence-corrected chi connectivity index (χ3v) is 33.1. The Hall–Kier alpha value is -19.9. The molecule has 148 heavy (non-hydrogen) atoms. The molecule has 0 fully saturated rings. The van der Waals surface area contributed by atoms with Crippen LogP contribution < -0.4 is 0 Å². The lowest BCUT2D eigenvalue weighted by atomic mass is 9.91. The van der Waals surface area contributed by atoms with Gasteiger partial charge in [0.2, 0.25) is 11.9 Å². The summed E-state index contributed by atoms with van der Waals surface area (Å²) in [6, 6.07) is 166. The van der Waals surface area contributed by atoms with Gasteiger partial charge >= 0.3 is 0 Å². The summed E-state index contributed by atoms with van der Waals surface area (Å²) in [4.78, 5) is 34.1. The van der Waals surface area contributed by atoms with Crippen LogP contribution in [0.2, 0.25) is 0 Å².